The second-order valence-electron chi connectivity index (χ2n) is 8.05. The summed E-state index contributed by atoms with van der Waals surface area (Å²) in [6, 6.07) is 25.7. The average molecular weight is 390 g/mol. The molecule has 3 aromatic carbocycles. The first kappa shape index (κ1) is 17.2. The predicted octanol–water partition coefficient (Wildman–Crippen LogP) is 5.93. The monoisotopic (exact) mass is 390 g/mol. The number of rotatable bonds is 2. The number of aromatic nitrogens is 2. The Kier molecular flexibility index (Phi) is 3.69. The number of anilines is 4. The standard InChI is InChI=1S/C26H22N4/c1-17-9-8-10-18(2)23(17)24-25-26(28-16-27-24)30-21-14-7-6-11-19(21)15-22(30)29(25)20-12-4-3-5-13-20/h3-14,16,22H,15H2,1-2H3. The summed E-state index contributed by atoms with van der Waals surface area (Å²) in [4.78, 5) is 14.4. The molecule has 0 bridgehead atoms. The molecule has 30 heavy (non-hydrogen) atoms. The summed E-state index contributed by atoms with van der Waals surface area (Å²) in [5, 5.41) is 0. The third-order valence-corrected chi connectivity index (χ3v) is 6.27. The highest BCUT2D eigenvalue weighted by Gasteiger charge is 2.45. The molecule has 4 heteroatoms. The van der Waals surface area contributed by atoms with Crippen LogP contribution in [0, 0.1) is 13.8 Å². The van der Waals surface area contributed by atoms with Gasteiger partial charge in [0.2, 0.25) is 0 Å². The van der Waals surface area contributed by atoms with Crippen LogP contribution < -0.4 is 9.80 Å². The minimum Gasteiger partial charge on any atom is -0.315 e. The number of fused-ring (bicyclic) bond motifs is 5. The first-order chi connectivity index (χ1) is 14.7. The third-order valence-electron chi connectivity index (χ3n) is 6.27. The zero-order valence-electron chi connectivity index (χ0n) is 17.1. The molecule has 0 aliphatic carbocycles. The van der Waals surface area contributed by atoms with Gasteiger partial charge >= 0.3 is 0 Å². The molecule has 2 aliphatic heterocycles. The van der Waals surface area contributed by atoms with Gasteiger partial charge < -0.3 is 9.80 Å². The van der Waals surface area contributed by atoms with Crippen LogP contribution in [0.15, 0.2) is 79.1 Å². The van der Waals surface area contributed by atoms with Crippen LogP contribution in [0.3, 0.4) is 0 Å². The maximum Gasteiger partial charge on any atom is 0.162 e. The first-order valence-corrected chi connectivity index (χ1v) is 10.4. The fourth-order valence-corrected chi connectivity index (χ4v) is 5.01. The lowest BCUT2D eigenvalue weighted by Gasteiger charge is -2.28. The fourth-order valence-electron chi connectivity index (χ4n) is 5.01. The zero-order valence-corrected chi connectivity index (χ0v) is 17.1. The summed E-state index contributed by atoms with van der Waals surface area (Å²) in [6.07, 6.45) is 2.83. The minimum atomic E-state index is 0.166. The number of benzene rings is 3. The molecule has 0 saturated carbocycles. The van der Waals surface area contributed by atoms with Crippen LogP contribution in [0.1, 0.15) is 16.7 Å². The summed E-state index contributed by atoms with van der Waals surface area (Å²) in [5.74, 6) is 0.987. The van der Waals surface area contributed by atoms with Crippen molar-refractivity contribution in [2.45, 2.75) is 26.4 Å². The molecule has 0 fully saturated rings. The molecule has 0 spiro atoms. The fraction of sp³-hybridized carbons (Fsp3) is 0.154. The molecule has 2 aliphatic rings. The molecule has 0 saturated heterocycles. The van der Waals surface area contributed by atoms with E-state index >= 15 is 0 Å². The van der Waals surface area contributed by atoms with E-state index in [4.69, 9.17) is 9.97 Å². The highest BCUT2D eigenvalue weighted by molar-refractivity contribution is 5.96. The Morgan fingerprint density at radius 3 is 2.30 bits per heavy atom. The lowest BCUT2D eigenvalue weighted by atomic mass is 9.98. The van der Waals surface area contributed by atoms with Gasteiger partial charge in [0.15, 0.2) is 5.82 Å². The summed E-state index contributed by atoms with van der Waals surface area (Å²) in [7, 11) is 0. The Balaban J connectivity index is 1.66. The zero-order chi connectivity index (χ0) is 20.2. The van der Waals surface area contributed by atoms with E-state index in [1.807, 2.05) is 0 Å². The Morgan fingerprint density at radius 2 is 1.50 bits per heavy atom. The Bertz CT molecular complexity index is 1250. The molecule has 4 nitrogen and oxygen atoms in total. The highest BCUT2D eigenvalue weighted by atomic mass is 15.5. The maximum absolute atomic E-state index is 4.82. The minimum absolute atomic E-state index is 0.166. The molecule has 0 N–H and O–H groups in total. The van der Waals surface area contributed by atoms with Gasteiger partial charge in [-0.15, -0.1) is 0 Å². The number of aryl methyl sites for hydroxylation is 2. The summed E-state index contributed by atoms with van der Waals surface area (Å²) in [6.45, 7) is 4.32. The molecule has 4 aromatic rings. The van der Waals surface area contributed by atoms with Gasteiger partial charge in [0, 0.05) is 23.4 Å². The Hall–Kier alpha value is -3.66. The van der Waals surface area contributed by atoms with Gasteiger partial charge in [-0.1, -0.05) is 54.6 Å². The van der Waals surface area contributed by atoms with Crippen molar-refractivity contribution in [2.24, 2.45) is 0 Å². The van der Waals surface area contributed by atoms with Gasteiger partial charge in [-0.05, 0) is 48.7 Å². The molecule has 0 amide bonds. The van der Waals surface area contributed by atoms with E-state index in [9.17, 15) is 0 Å². The van der Waals surface area contributed by atoms with Crippen LogP contribution in [0.4, 0.5) is 22.9 Å². The molecular weight excluding hydrogens is 368 g/mol. The largest absolute Gasteiger partial charge is 0.315 e. The highest BCUT2D eigenvalue weighted by Crippen LogP contribution is 2.54. The van der Waals surface area contributed by atoms with Crippen molar-refractivity contribution < 1.29 is 0 Å². The molecule has 1 atom stereocenters. The van der Waals surface area contributed by atoms with E-state index in [1.54, 1.807) is 6.33 Å². The van der Waals surface area contributed by atoms with Crippen LogP contribution >= 0.6 is 0 Å². The molecule has 146 valence electrons. The van der Waals surface area contributed by atoms with E-state index in [1.165, 1.54) is 33.6 Å². The van der Waals surface area contributed by atoms with Gasteiger partial charge in [0.1, 0.15) is 23.9 Å². The molecule has 6 rings (SSSR count). The van der Waals surface area contributed by atoms with Gasteiger partial charge in [0.05, 0.1) is 0 Å². The summed E-state index contributed by atoms with van der Waals surface area (Å²) < 4.78 is 0. The van der Waals surface area contributed by atoms with E-state index < -0.39 is 0 Å². The second kappa shape index (κ2) is 6.42. The van der Waals surface area contributed by atoms with Crippen molar-refractivity contribution in [2.75, 3.05) is 9.80 Å². The first-order valence-electron chi connectivity index (χ1n) is 10.4. The van der Waals surface area contributed by atoms with Gasteiger partial charge in [-0.3, -0.25) is 0 Å². The van der Waals surface area contributed by atoms with E-state index in [2.05, 4.69) is 96.4 Å². The van der Waals surface area contributed by atoms with Crippen molar-refractivity contribution in [3.8, 4) is 11.3 Å². The van der Waals surface area contributed by atoms with Crippen LogP contribution in [-0.4, -0.2) is 16.1 Å². The average Bonchev–Trinajstić information content (AvgIpc) is 3.29. The molecule has 1 unspecified atom stereocenters. The molecule has 3 heterocycles. The normalized spacial score (nSPS) is 16.4. The van der Waals surface area contributed by atoms with Crippen molar-refractivity contribution >= 4 is 22.9 Å². The van der Waals surface area contributed by atoms with Crippen LogP contribution in [0.2, 0.25) is 0 Å². The summed E-state index contributed by atoms with van der Waals surface area (Å²) >= 11 is 0. The van der Waals surface area contributed by atoms with Crippen molar-refractivity contribution in [1.29, 1.82) is 0 Å². The van der Waals surface area contributed by atoms with Gasteiger partial charge in [0.25, 0.3) is 0 Å². The molecule has 1 aromatic heterocycles. The van der Waals surface area contributed by atoms with Crippen molar-refractivity contribution in [3.05, 3.63) is 95.8 Å². The van der Waals surface area contributed by atoms with Gasteiger partial charge in [-0.25, -0.2) is 9.97 Å². The van der Waals surface area contributed by atoms with Crippen LogP contribution in [0.5, 0.6) is 0 Å². The maximum atomic E-state index is 4.82. The SMILES string of the molecule is Cc1cccc(C)c1-c1ncnc2c1N(c1ccccc1)C1Cc3ccccc3N21. The lowest BCUT2D eigenvalue weighted by molar-refractivity contribution is 0.726. The van der Waals surface area contributed by atoms with Gasteiger partial charge in [-0.2, -0.15) is 0 Å². The quantitative estimate of drug-likeness (QED) is 0.424. The van der Waals surface area contributed by atoms with Crippen molar-refractivity contribution in [3.63, 3.8) is 0 Å². The predicted molar refractivity (Wildman–Crippen MR) is 122 cm³/mol. The smallest absolute Gasteiger partial charge is 0.162 e. The lowest BCUT2D eigenvalue weighted by Crippen LogP contribution is -2.35. The van der Waals surface area contributed by atoms with Crippen LogP contribution in [0.25, 0.3) is 11.3 Å². The molecular formula is C26H22N4. The molecule has 0 radical (unpaired) electrons. The van der Waals surface area contributed by atoms with E-state index in [-0.39, 0.29) is 6.17 Å². The Morgan fingerprint density at radius 1 is 0.767 bits per heavy atom. The van der Waals surface area contributed by atoms with E-state index in [0.717, 1.165) is 23.6 Å². The number of para-hydroxylation sites is 2. The van der Waals surface area contributed by atoms with Crippen molar-refractivity contribution in [1.82, 2.24) is 9.97 Å². The third kappa shape index (κ3) is 2.34. The second-order valence-corrected chi connectivity index (χ2v) is 8.05. The number of hydrogen-bond acceptors (Lipinski definition) is 4. The topological polar surface area (TPSA) is 32.3 Å². The summed E-state index contributed by atoms with van der Waals surface area (Å²) in [5.41, 5.74) is 9.54. The van der Waals surface area contributed by atoms with E-state index in [0.29, 0.717) is 0 Å². The Labute approximate surface area is 176 Å². The van der Waals surface area contributed by atoms with Crippen LogP contribution in [-0.2, 0) is 6.42 Å². The number of nitrogens with zero attached hydrogens (tertiary/aromatic N) is 4. The number of hydrogen-bond donors (Lipinski definition) is 0.